The highest BCUT2D eigenvalue weighted by molar-refractivity contribution is 7.91. The van der Waals surface area contributed by atoms with Gasteiger partial charge in [0.25, 0.3) is 5.16 Å². The zero-order valence-corrected chi connectivity index (χ0v) is 19.3. The summed E-state index contributed by atoms with van der Waals surface area (Å²) < 4.78 is 47.3. The van der Waals surface area contributed by atoms with E-state index in [0.29, 0.717) is 42.4 Å². The van der Waals surface area contributed by atoms with Gasteiger partial charge in [-0.3, -0.25) is 10.00 Å². The molecule has 2 N–H and O–H groups in total. The van der Waals surface area contributed by atoms with Gasteiger partial charge in [-0.2, -0.15) is 15.1 Å². The van der Waals surface area contributed by atoms with Gasteiger partial charge in [-0.1, -0.05) is 0 Å². The van der Waals surface area contributed by atoms with E-state index in [1.165, 1.54) is 12.1 Å². The number of fused-ring (bicyclic) bond motifs is 1. The van der Waals surface area contributed by atoms with Gasteiger partial charge in [0.15, 0.2) is 5.82 Å². The lowest BCUT2D eigenvalue weighted by atomic mass is 10.3. The lowest BCUT2D eigenvalue weighted by Crippen LogP contribution is -2.38. The summed E-state index contributed by atoms with van der Waals surface area (Å²) in [5.74, 6) is 0.301. The summed E-state index contributed by atoms with van der Waals surface area (Å²) in [6.07, 6.45) is 1.87. The minimum absolute atomic E-state index is 0.0822. The van der Waals surface area contributed by atoms with Gasteiger partial charge in [0.05, 0.1) is 23.5 Å². The number of rotatable bonds is 7. The topological polar surface area (TPSA) is 118 Å². The lowest BCUT2D eigenvalue weighted by Gasteiger charge is -2.26. The van der Waals surface area contributed by atoms with E-state index in [4.69, 9.17) is 4.74 Å². The summed E-state index contributed by atoms with van der Waals surface area (Å²) in [5, 5.41) is 10.4. The SMILES string of the molecule is Cc1cc(Nc2nc(S(=O)(=O)c3ccc(F)cc3)nc3c2ccn3CCN2CCOCC2)n[nH]1. The summed E-state index contributed by atoms with van der Waals surface area (Å²) in [5.41, 5.74) is 1.33. The van der Waals surface area contributed by atoms with Gasteiger partial charge in [0.1, 0.15) is 17.3 Å². The molecule has 178 valence electrons. The molecule has 1 saturated heterocycles. The third-order valence-corrected chi connectivity index (χ3v) is 7.23. The highest BCUT2D eigenvalue weighted by Gasteiger charge is 2.25. The zero-order chi connectivity index (χ0) is 23.7. The molecule has 3 aromatic heterocycles. The number of nitrogens with zero attached hydrogens (tertiary/aromatic N) is 5. The number of hydrogen-bond acceptors (Lipinski definition) is 8. The normalized spacial score (nSPS) is 15.1. The van der Waals surface area contributed by atoms with Crippen LogP contribution in [-0.4, -0.2) is 70.9 Å². The van der Waals surface area contributed by atoms with Gasteiger partial charge in [0.2, 0.25) is 9.84 Å². The van der Waals surface area contributed by atoms with Gasteiger partial charge in [-0.05, 0) is 37.3 Å². The first-order chi connectivity index (χ1) is 16.4. The van der Waals surface area contributed by atoms with Gasteiger partial charge >= 0.3 is 0 Å². The molecule has 0 unspecified atom stereocenters. The smallest absolute Gasteiger partial charge is 0.256 e. The average molecular weight is 486 g/mol. The number of aromatic nitrogens is 5. The molecule has 1 aliphatic heterocycles. The fraction of sp³-hybridized carbons (Fsp3) is 0.318. The van der Waals surface area contributed by atoms with Crippen LogP contribution in [0.2, 0.25) is 0 Å². The molecule has 34 heavy (non-hydrogen) atoms. The number of aryl methyl sites for hydroxylation is 1. The van der Waals surface area contributed by atoms with Crippen molar-refractivity contribution >= 4 is 32.5 Å². The first-order valence-electron chi connectivity index (χ1n) is 10.9. The van der Waals surface area contributed by atoms with E-state index in [0.717, 1.165) is 37.5 Å². The van der Waals surface area contributed by atoms with Crippen molar-refractivity contribution in [1.82, 2.24) is 29.6 Å². The van der Waals surface area contributed by atoms with Gasteiger partial charge in [0, 0.05) is 44.1 Å². The van der Waals surface area contributed by atoms with Crippen LogP contribution in [0.15, 0.2) is 52.6 Å². The summed E-state index contributed by atoms with van der Waals surface area (Å²) in [6.45, 7) is 6.36. The molecule has 0 aliphatic carbocycles. The van der Waals surface area contributed by atoms with Gasteiger partial charge in [-0.25, -0.2) is 12.8 Å². The maximum atomic E-state index is 13.4. The Balaban J connectivity index is 1.56. The Morgan fingerprint density at radius 3 is 2.59 bits per heavy atom. The zero-order valence-electron chi connectivity index (χ0n) is 18.5. The molecule has 0 radical (unpaired) electrons. The number of hydrogen-bond donors (Lipinski definition) is 2. The molecule has 1 fully saturated rings. The number of H-pyrrole nitrogens is 1. The van der Waals surface area contributed by atoms with Crippen molar-refractivity contribution in [3.8, 4) is 0 Å². The van der Waals surface area contributed by atoms with E-state index in [1.807, 2.05) is 23.8 Å². The third kappa shape index (κ3) is 4.52. The molecule has 12 heteroatoms. The number of nitrogens with one attached hydrogen (secondary N) is 2. The van der Waals surface area contributed by atoms with Crippen molar-refractivity contribution in [1.29, 1.82) is 0 Å². The second-order valence-electron chi connectivity index (χ2n) is 8.07. The molecule has 1 aliphatic rings. The molecule has 4 heterocycles. The Kier molecular flexibility index (Phi) is 6.02. The molecular formula is C22H24FN7O3S. The van der Waals surface area contributed by atoms with Crippen molar-refractivity contribution < 1.29 is 17.5 Å². The van der Waals surface area contributed by atoms with Gasteiger partial charge in [-0.15, -0.1) is 0 Å². The van der Waals surface area contributed by atoms with E-state index >= 15 is 0 Å². The van der Waals surface area contributed by atoms with Crippen molar-refractivity contribution in [3.05, 3.63) is 54.1 Å². The van der Waals surface area contributed by atoms with Crippen LogP contribution >= 0.6 is 0 Å². The first-order valence-corrected chi connectivity index (χ1v) is 12.4. The predicted octanol–water partition coefficient (Wildman–Crippen LogP) is 2.51. The van der Waals surface area contributed by atoms with Crippen LogP contribution in [0.1, 0.15) is 5.69 Å². The van der Waals surface area contributed by atoms with Crippen molar-refractivity contribution in [2.24, 2.45) is 0 Å². The molecule has 0 atom stereocenters. The Morgan fingerprint density at radius 2 is 1.88 bits per heavy atom. The van der Waals surface area contributed by atoms with E-state index in [1.54, 1.807) is 6.07 Å². The number of morpholine rings is 1. The molecule has 10 nitrogen and oxygen atoms in total. The minimum Gasteiger partial charge on any atom is -0.379 e. The van der Waals surface area contributed by atoms with E-state index < -0.39 is 15.7 Å². The fourth-order valence-electron chi connectivity index (χ4n) is 3.84. The molecule has 5 rings (SSSR count). The summed E-state index contributed by atoms with van der Waals surface area (Å²) >= 11 is 0. The number of ether oxygens (including phenoxy) is 1. The van der Waals surface area contributed by atoms with Crippen LogP contribution in [0.5, 0.6) is 0 Å². The second-order valence-corrected chi connectivity index (χ2v) is 9.92. The van der Waals surface area contributed by atoms with E-state index in [2.05, 4.69) is 30.4 Å². The number of aromatic amines is 1. The quantitative estimate of drug-likeness (QED) is 0.303. The predicted molar refractivity (Wildman–Crippen MR) is 123 cm³/mol. The molecule has 1 aromatic carbocycles. The monoisotopic (exact) mass is 485 g/mol. The highest BCUT2D eigenvalue weighted by Crippen LogP contribution is 2.28. The minimum atomic E-state index is -4.08. The van der Waals surface area contributed by atoms with Crippen LogP contribution in [0.25, 0.3) is 11.0 Å². The highest BCUT2D eigenvalue weighted by atomic mass is 32.2. The third-order valence-electron chi connectivity index (χ3n) is 5.68. The fourth-order valence-corrected chi connectivity index (χ4v) is 4.96. The van der Waals surface area contributed by atoms with Crippen LogP contribution in [0.4, 0.5) is 16.0 Å². The number of sulfone groups is 1. The van der Waals surface area contributed by atoms with Crippen LogP contribution in [0.3, 0.4) is 0 Å². The Morgan fingerprint density at radius 1 is 1.12 bits per heavy atom. The number of anilines is 2. The Bertz CT molecular complexity index is 1410. The maximum Gasteiger partial charge on any atom is 0.256 e. The Hall–Kier alpha value is -3.35. The molecule has 0 saturated carbocycles. The first kappa shape index (κ1) is 22.4. The van der Waals surface area contributed by atoms with Gasteiger partial charge < -0.3 is 14.6 Å². The average Bonchev–Trinajstić information content (AvgIpc) is 3.44. The largest absolute Gasteiger partial charge is 0.379 e. The maximum absolute atomic E-state index is 13.4. The van der Waals surface area contributed by atoms with Crippen molar-refractivity contribution in [2.45, 2.75) is 23.5 Å². The van der Waals surface area contributed by atoms with Crippen molar-refractivity contribution in [2.75, 3.05) is 38.2 Å². The summed E-state index contributed by atoms with van der Waals surface area (Å²) in [4.78, 5) is 11.0. The van der Waals surface area contributed by atoms with Crippen LogP contribution in [0, 0.1) is 12.7 Å². The van der Waals surface area contributed by atoms with Crippen molar-refractivity contribution in [3.63, 3.8) is 0 Å². The molecule has 0 bridgehead atoms. The summed E-state index contributed by atoms with van der Waals surface area (Å²) in [7, 11) is -4.08. The lowest BCUT2D eigenvalue weighted by molar-refractivity contribution is 0.0365. The van der Waals surface area contributed by atoms with Crippen LogP contribution < -0.4 is 5.32 Å². The molecule has 0 spiro atoms. The number of benzene rings is 1. The molecular weight excluding hydrogens is 461 g/mol. The van der Waals surface area contributed by atoms with Crippen LogP contribution in [-0.2, 0) is 21.1 Å². The van der Waals surface area contributed by atoms with E-state index in [9.17, 15) is 12.8 Å². The number of halogens is 1. The van der Waals surface area contributed by atoms with E-state index in [-0.39, 0.29) is 10.1 Å². The molecule has 4 aromatic rings. The second kappa shape index (κ2) is 9.12. The molecule has 0 amide bonds. The summed E-state index contributed by atoms with van der Waals surface area (Å²) in [6, 6.07) is 8.26. The standard InChI is InChI=1S/C22H24FN7O3S/c1-15-14-19(28-27-15)24-20-18-6-7-30(9-8-29-10-12-33-13-11-29)21(18)26-22(25-20)34(31,32)17-4-2-16(23)3-5-17/h2-7,14H,8-13H2,1H3,(H2,24,25,26,27,28). The Labute approximate surface area is 195 Å².